The summed E-state index contributed by atoms with van der Waals surface area (Å²) in [5, 5.41) is 10.5. The Hall–Kier alpha value is -4.44. The number of fused-ring (bicyclic) bond motifs is 1. The average molecular weight is 577 g/mol. The van der Waals surface area contributed by atoms with Crippen molar-refractivity contribution in [3.8, 4) is 23.0 Å². The van der Waals surface area contributed by atoms with Crippen LogP contribution in [0.1, 0.15) is 49.2 Å². The summed E-state index contributed by atoms with van der Waals surface area (Å²) in [6, 6.07) is 15.0. The first-order valence-electron chi connectivity index (χ1n) is 13.0. The van der Waals surface area contributed by atoms with Crippen LogP contribution in [0.2, 0.25) is 0 Å². The molecule has 4 aromatic rings. The Morgan fingerprint density at radius 2 is 1.44 bits per heavy atom. The maximum Gasteiger partial charge on any atom is 0.336 e. The van der Waals surface area contributed by atoms with Gasteiger partial charge in [-0.05, 0) is 87.4 Å². The number of rotatable bonds is 12. The molecule has 214 valence electrons. The molecule has 0 unspecified atom stereocenters. The number of ether oxygens (including phenoxy) is 4. The van der Waals surface area contributed by atoms with Crippen LogP contribution < -0.4 is 18.9 Å². The molecule has 0 bridgehead atoms. The molecule has 0 aliphatic rings. The highest BCUT2D eigenvalue weighted by atomic mass is 32.1. The molecule has 0 aliphatic heterocycles. The van der Waals surface area contributed by atoms with Gasteiger partial charge in [0.1, 0.15) is 16.8 Å². The molecule has 1 aromatic heterocycles. The fourth-order valence-electron chi connectivity index (χ4n) is 4.35. The number of nitrogens with zero attached hydrogens (tertiary/aromatic N) is 2. The lowest BCUT2D eigenvalue weighted by molar-refractivity contribution is -0.130. The Bertz CT molecular complexity index is 1590. The van der Waals surface area contributed by atoms with Crippen LogP contribution in [0.25, 0.3) is 16.6 Å². The molecule has 41 heavy (non-hydrogen) atoms. The summed E-state index contributed by atoms with van der Waals surface area (Å²) >= 11 is 1.03. The van der Waals surface area contributed by atoms with Gasteiger partial charge in [-0.25, -0.2) is 4.79 Å². The lowest BCUT2D eigenvalue weighted by Gasteiger charge is -2.21. The minimum Gasteiger partial charge on any atom is -0.497 e. The number of benzene rings is 3. The molecule has 0 aliphatic carbocycles. The van der Waals surface area contributed by atoms with Crippen molar-refractivity contribution in [1.82, 2.24) is 8.75 Å². The van der Waals surface area contributed by atoms with Gasteiger partial charge < -0.3 is 24.1 Å². The predicted octanol–water partition coefficient (Wildman–Crippen LogP) is 6.25. The molecule has 0 fully saturated rings. The number of hydrogen-bond acceptors (Lipinski definition) is 9. The molecule has 10 heteroatoms. The van der Waals surface area contributed by atoms with Crippen LogP contribution in [0.4, 0.5) is 0 Å². The number of carbonyl (C=O) groups excluding carboxylic acids is 1. The second-order valence-electron chi connectivity index (χ2n) is 9.82. The zero-order chi connectivity index (χ0) is 29.7. The number of carboxylic acid groups (broad SMARTS) is 1. The van der Waals surface area contributed by atoms with Gasteiger partial charge in [0.05, 0.1) is 43.7 Å². The smallest absolute Gasteiger partial charge is 0.336 e. The van der Waals surface area contributed by atoms with Gasteiger partial charge in [0.2, 0.25) is 5.75 Å². The number of carbonyl (C=O) groups is 2. The van der Waals surface area contributed by atoms with Gasteiger partial charge in [0.25, 0.3) is 0 Å². The van der Waals surface area contributed by atoms with Crippen molar-refractivity contribution < 1.29 is 33.6 Å². The zero-order valence-electron chi connectivity index (χ0n) is 23.8. The number of aliphatic carboxylic acids is 1. The van der Waals surface area contributed by atoms with E-state index in [0.717, 1.165) is 11.7 Å². The predicted molar refractivity (Wildman–Crippen MR) is 158 cm³/mol. The molecule has 0 saturated carbocycles. The first-order chi connectivity index (χ1) is 19.6. The van der Waals surface area contributed by atoms with E-state index in [1.165, 1.54) is 14.2 Å². The van der Waals surface area contributed by atoms with Crippen molar-refractivity contribution in [2.75, 3.05) is 14.2 Å². The molecule has 0 atom stereocenters. The summed E-state index contributed by atoms with van der Waals surface area (Å²) < 4.78 is 31.4. The quantitative estimate of drug-likeness (QED) is 0.154. The van der Waals surface area contributed by atoms with Gasteiger partial charge >= 0.3 is 5.97 Å². The Morgan fingerprint density at radius 3 is 2.05 bits per heavy atom. The molecule has 3 aromatic carbocycles. The Kier molecular flexibility index (Phi) is 9.24. The highest BCUT2D eigenvalue weighted by Crippen LogP contribution is 2.41. The number of aromatic nitrogens is 2. The van der Waals surface area contributed by atoms with E-state index in [9.17, 15) is 14.7 Å². The third-order valence-electron chi connectivity index (χ3n) is 6.08. The van der Waals surface area contributed by atoms with Crippen molar-refractivity contribution in [1.29, 1.82) is 0 Å². The molecule has 1 N–H and O–H groups in total. The molecule has 1 heterocycles. The van der Waals surface area contributed by atoms with Crippen molar-refractivity contribution in [3.63, 3.8) is 0 Å². The third kappa shape index (κ3) is 6.83. The number of Topliss-reactive ketones (excluding diaryl/α,β-unsaturated/α-hetero) is 1. The number of methoxy groups -OCH3 is 2. The van der Waals surface area contributed by atoms with E-state index in [1.54, 1.807) is 54.6 Å². The van der Waals surface area contributed by atoms with E-state index < -0.39 is 11.8 Å². The van der Waals surface area contributed by atoms with Crippen LogP contribution in [0.3, 0.4) is 0 Å². The fraction of sp³-hybridized carbons (Fsp3) is 0.290. The summed E-state index contributed by atoms with van der Waals surface area (Å²) in [7, 11) is 3.05. The maximum atomic E-state index is 14.0. The minimum atomic E-state index is -1.24. The van der Waals surface area contributed by atoms with E-state index >= 15 is 0 Å². The summed E-state index contributed by atoms with van der Waals surface area (Å²) in [5.74, 6) is 0.185. The fourth-order valence-corrected chi connectivity index (χ4v) is 4.86. The Balaban J connectivity index is 1.93. The van der Waals surface area contributed by atoms with E-state index in [4.69, 9.17) is 18.9 Å². The SMILES string of the molecule is COc1ccc(C(=O)C(Cc2cc(OC)c(OC(C)C)c(OC(C)C)c2)=C(C(=O)O)c2ccc3nsnc3c2)cc1. The highest BCUT2D eigenvalue weighted by Gasteiger charge is 2.26. The molecule has 4 rings (SSSR count). The number of carboxylic acids is 1. The zero-order valence-corrected chi connectivity index (χ0v) is 24.6. The van der Waals surface area contributed by atoms with Gasteiger partial charge in [-0.3, -0.25) is 4.79 Å². The third-order valence-corrected chi connectivity index (χ3v) is 6.64. The molecule has 0 radical (unpaired) electrons. The largest absolute Gasteiger partial charge is 0.497 e. The number of allylic oxidation sites excluding steroid dienone is 1. The summed E-state index contributed by atoms with van der Waals surface area (Å²) in [6.45, 7) is 7.58. The molecule has 0 saturated heterocycles. The first-order valence-corrected chi connectivity index (χ1v) is 13.8. The molecule has 0 amide bonds. The van der Waals surface area contributed by atoms with Gasteiger partial charge in [-0.15, -0.1) is 0 Å². The second kappa shape index (κ2) is 12.8. The lowest BCUT2D eigenvalue weighted by Crippen LogP contribution is -2.15. The van der Waals surface area contributed by atoms with Gasteiger partial charge in [-0.2, -0.15) is 8.75 Å². The second-order valence-corrected chi connectivity index (χ2v) is 10.3. The number of hydrogen-bond donors (Lipinski definition) is 1. The Morgan fingerprint density at radius 1 is 0.805 bits per heavy atom. The van der Waals surface area contributed by atoms with E-state index in [-0.39, 0.29) is 29.8 Å². The van der Waals surface area contributed by atoms with Crippen LogP contribution in [0.15, 0.2) is 60.2 Å². The maximum absolute atomic E-state index is 14.0. The minimum absolute atomic E-state index is 0.0212. The average Bonchev–Trinajstić information content (AvgIpc) is 3.41. The van der Waals surface area contributed by atoms with Crippen molar-refractivity contribution >= 4 is 40.1 Å². The van der Waals surface area contributed by atoms with Crippen LogP contribution in [0.5, 0.6) is 23.0 Å². The lowest BCUT2D eigenvalue weighted by atomic mass is 9.89. The van der Waals surface area contributed by atoms with Crippen molar-refractivity contribution in [3.05, 3.63) is 76.9 Å². The summed E-state index contributed by atoms with van der Waals surface area (Å²) in [5.41, 5.74) is 2.43. The van der Waals surface area contributed by atoms with Crippen LogP contribution >= 0.6 is 11.7 Å². The Labute approximate surface area is 242 Å². The monoisotopic (exact) mass is 576 g/mol. The van der Waals surface area contributed by atoms with Crippen molar-refractivity contribution in [2.45, 2.75) is 46.3 Å². The van der Waals surface area contributed by atoms with Gasteiger partial charge in [-0.1, -0.05) is 6.07 Å². The molecular formula is C31H32N2O7S. The summed E-state index contributed by atoms with van der Waals surface area (Å²) in [6.07, 6.45) is -0.342. The molecular weight excluding hydrogens is 544 g/mol. The topological polar surface area (TPSA) is 117 Å². The van der Waals surface area contributed by atoms with E-state index in [0.29, 0.717) is 50.7 Å². The molecule has 0 spiro atoms. The summed E-state index contributed by atoms with van der Waals surface area (Å²) in [4.78, 5) is 26.9. The van der Waals surface area contributed by atoms with Crippen LogP contribution in [-0.2, 0) is 11.2 Å². The molecule has 9 nitrogen and oxygen atoms in total. The normalized spacial score (nSPS) is 11.9. The van der Waals surface area contributed by atoms with Crippen LogP contribution in [-0.4, -0.2) is 52.0 Å². The van der Waals surface area contributed by atoms with Crippen LogP contribution in [0, 0.1) is 0 Å². The van der Waals surface area contributed by atoms with Gasteiger partial charge in [0.15, 0.2) is 17.3 Å². The number of ketones is 1. The van der Waals surface area contributed by atoms with Crippen molar-refractivity contribution in [2.24, 2.45) is 0 Å². The first kappa shape index (κ1) is 29.5. The van der Waals surface area contributed by atoms with E-state index in [1.807, 2.05) is 27.7 Å². The van der Waals surface area contributed by atoms with E-state index in [2.05, 4.69) is 8.75 Å². The van der Waals surface area contributed by atoms with Gasteiger partial charge in [0, 0.05) is 17.6 Å². The standard InChI is InChI=1S/C31H32N2O7S/c1-17(2)39-27-15-19(14-26(38-6)30(27)40-18(3)4)13-23(29(34)20-7-10-22(37-5)11-8-20)28(31(35)36)21-9-12-24-25(16-21)33-41-32-24/h7-12,14-18H,13H2,1-6H3,(H,35,36). The highest BCUT2D eigenvalue weighted by molar-refractivity contribution is 7.00.